The zero-order chi connectivity index (χ0) is 19.5. The summed E-state index contributed by atoms with van der Waals surface area (Å²) in [6.07, 6.45) is 6.74. The number of pyridine rings is 1. The highest BCUT2D eigenvalue weighted by Gasteiger charge is 2.44. The maximum Gasteiger partial charge on any atom is 0.343 e. The lowest BCUT2D eigenvalue weighted by molar-refractivity contribution is 0.0521. The summed E-state index contributed by atoms with van der Waals surface area (Å²) in [5.74, 6) is -0.248. The first kappa shape index (κ1) is 17.3. The van der Waals surface area contributed by atoms with Gasteiger partial charge in [0, 0.05) is 36.5 Å². The molecule has 1 saturated carbocycles. The van der Waals surface area contributed by atoms with Crippen molar-refractivity contribution in [2.75, 3.05) is 24.6 Å². The van der Waals surface area contributed by atoms with Crippen molar-refractivity contribution in [3.63, 3.8) is 0 Å². The Hall–Kier alpha value is -2.76. The predicted octanol–water partition coefficient (Wildman–Crippen LogP) is 3.04. The lowest BCUT2D eigenvalue weighted by Crippen LogP contribution is -2.46. The molecule has 1 aliphatic carbocycles. The van der Waals surface area contributed by atoms with Crippen molar-refractivity contribution in [1.29, 1.82) is 0 Å². The third-order valence-corrected chi connectivity index (χ3v) is 6.53. The van der Waals surface area contributed by atoms with Crippen LogP contribution < -0.4 is 10.3 Å². The highest BCUT2D eigenvalue weighted by atomic mass is 16.5. The first-order valence-corrected chi connectivity index (χ1v) is 10.1. The van der Waals surface area contributed by atoms with Crippen molar-refractivity contribution in [1.82, 2.24) is 4.57 Å². The third-order valence-electron chi connectivity index (χ3n) is 6.53. The number of hydrogen-bond donors (Lipinski definition) is 1. The van der Waals surface area contributed by atoms with Crippen LogP contribution in [0.1, 0.15) is 48.5 Å². The number of fused-ring (bicyclic) bond motifs is 4. The monoisotopic (exact) mass is 380 g/mol. The number of aromatic nitrogens is 1. The zero-order valence-corrected chi connectivity index (χ0v) is 16.0. The Morgan fingerprint density at radius 2 is 2.00 bits per heavy atom. The van der Waals surface area contributed by atoms with Gasteiger partial charge in [-0.1, -0.05) is 0 Å². The molecule has 1 aromatic heterocycles. The standard InChI is InChI=1S/C22H24N2O4/c1-2-28-21(27)16-13-24-17(11-19(16)25)15-10-18(23-7-4-8-23)20(26)9-14(15)12-22(24)5-3-6-22/h9-11,13,26H,2-8,12H2,1H3. The molecule has 0 bridgehead atoms. The summed E-state index contributed by atoms with van der Waals surface area (Å²) < 4.78 is 7.21. The van der Waals surface area contributed by atoms with Gasteiger partial charge < -0.3 is 19.3 Å². The molecule has 28 heavy (non-hydrogen) atoms. The summed E-state index contributed by atoms with van der Waals surface area (Å²) >= 11 is 0. The fraction of sp³-hybridized carbons (Fsp3) is 0.455. The van der Waals surface area contributed by atoms with E-state index in [9.17, 15) is 14.7 Å². The molecule has 3 heterocycles. The Balaban J connectivity index is 1.70. The number of nitrogens with zero attached hydrogens (tertiary/aromatic N) is 2. The Morgan fingerprint density at radius 1 is 1.21 bits per heavy atom. The molecule has 6 nitrogen and oxygen atoms in total. The number of benzene rings is 1. The molecule has 3 aliphatic rings. The summed E-state index contributed by atoms with van der Waals surface area (Å²) in [5, 5.41) is 10.6. The van der Waals surface area contributed by atoms with E-state index in [1.165, 1.54) is 0 Å². The molecule has 1 aromatic carbocycles. The van der Waals surface area contributed by atoms with Gasteiger partial charge in [-0.2, -0.15) is 0 Å². The first-order valence-electron chi connectivity index (χ1n) is 10.1. The Labute approximate surface area is 163 Å². The van der Waals surface area contributed by atoms with E-state index in [2.05, 4.69) is 9.47 Å². The molecule has 0 radical (unpaired) electrons. The van der Waals surface area contributed by atoms with Crippen molar-refractivity contribution in [2.24, 2.45) is 0 Å². The molecule has 1 N–H and O–H groups in total. The van der Waals surface area contributed by atoms with Crippen LogP contribution in [0.3, 0.4) is 0 Å². The fourth-order valence-corrected chi connectivity index (χ4v) is 4.75. The van der Waals surface area contributed by atoms with Gasteiger partial charge in [0.2, 0.25) is 0 Å². The maximum atomic E-state index is 12.7. The number of ether oxygens (including phenoxy) is 1. The van der Waals surface area contributed by atoms with Crippen molar-refractivity contribution in [2.45, 2.75) is 44.6 Å². The number of rotatable bonds is 3. The zero-order valence-electron chi connectivity index (χ0n) is 16.0. The number of phenols is 1. The number of phenolic OH excluding ortho intramolecular Hbond substituents is 1. The largest absolute Gasteiger partial charge is 0.506 e. The summed E-state index contributed by atoms with van der Waals surface area (Å²) in [6.45, 7) is 3.85. The second-order valence-corrected chi connectivity index (χ2v) is 8.12. The molecule has 0 unspecified atom stereocenters. The second-order valence-electron chi connectivity index (χ2n) is 8.12. The van der Waals surface area contributed by atoms with E-state index >= 15 is 0 Å². The van der Waals surface area contributed by atoms with E-state index in [0.717, 1.165) is 67.7 Å². The third kappa shape index (κ3) is 2.40. The molecular weight excluding hydrogens is 356 g/mol. The average molecular weight is 380 g/mol. The van der Waals surface area contributed by atoms with Gasteiger partial charge in [0.25, 0.3) is 0 Å². The van der Waals surface area contributed by atoms with Crippen LogP contribution in [0.5, 0.6) is 5.75 Å². The second kappa shape index (κ2) is 6.12. The fourth-order valence-electron chi connectivity index (χ4n) is 4.75. The van der Waals surface area contributed by atoms with Crippen molar-refractivity contribution >= 4 is 11.7 Å². The van der Waals surface area contributed by atoms with E-state index in [1.54, 1.807) is 19.2 Å². The van der Waals surface area contributed by atoms with Crippen LogP contribution in [0, 0.1) is 0 Å². The molecule has 1 spiro atoms. The minimum Gasteiger partial charge on any atom is -0.506 e. The number of carbonyl (C=O) groups is 1. The molecule has 0 amide bonds. The number of aromatic hydroxyl groups is 1. The lowest BCUT2D eigenvalue weighted by Gasteiger charge is -2.49. The summed E-state index contributed by atoms with van der Waals surface area (Å²) in [5.41, 5.74) is 3.37. The Bertz CT molecular complexity index is 1030. The smallest absolute Gasteiger partial charge is 0.343 e. The van der Waals surface area contributed by atoms with Crippen LogP contribution in [0.2, 0.25) is 0 Å². The molecule has 0 atom stereocenters. The average Bonchev–Trinajstić information content (AvgIpc) is 2.58. The number of carbonyl (C=O) groups excluding carboxylic acids is 1. The summed E-state index contributed by atoms with van der Waals surface area (Å²) in [6, 6.07) is 5.45. The van der Waals surface area contributed by atoms with E-state index in [4.69, 9.17) is 4.74 Å². The van der Waals surface area contributed by atoms with Gasteiger partial charge in [0.05, 0.1) is 18.0 Å². The van der Waals surface area contributed by atoms with Crippen LogP contribution in [-0.4, -0.2) is 35.3 Å². The first-order chi connectivity index (χ1) is 13.5. The molecule has 2 fully saturated rings. The molecular formula is C22H24N2O4. The van der Waals surface area contributed by atoms with E-state index in [0.29, 0.717) is 5.75 Å². The molecule has 2 aromatic rings. The van der Waals surface area contributed by atoms with E-state index < -0.39 is 5.97 Å². The molecule has 146 valence electrons. The van der Waals surface area contributed by atoms with E-state index in [-0.39, 0.29) is 23.1 Å². The SMILES string of the molecule is CCOC(=O)c1cn2c(cc1=O)-c1cc(N3CCC3)c(O)cc1CC21CCC1. The van der Waals surface area contributed by atoms with Gasteiger partial charge in [0.1, 0.15) is 11.3 Å². The highest BCUT2D eigenvalue weighted by Crippen LogP contribution is 2.50. The van der Waals surface area contributed by atoms with Crippen molar-refractivity contribution in [3.8, 4) is 17.0 Å². The van der Waals surface area contributed by atoms with Crippen LogP contribution in [0.4, 0.5) is 5.69 Å². The summed E-state index contributed by atoms with van der Waals surface area (Å²) in [7, 11) is 0. The quantitative estimate of drug-likeness (QED) is 0.829. The van der Waals surface area contributed by atoms with Crippen LogP contribution in [0.15, 0.2) is 29.2 Å². The molecule has 1 saturated heterocycles. The van der Waals surface area contributed by atoms with Gasteiger partial charge in [-0.3, -0.25) is 4.79 Å². The van der Waals surface area contributed by atoms with Crippen LogP contribution in [-0.2, 0) is 16.7 Å². The van der Waals surface area contributed by atoms with Gasteiger partial charge in [0.15, 0.2) is 5.43 Å². The topological polar surface area (TPSA) is 71.8 Å². The van der Waals surface area contributed by atoms with Gasteiger partial charge in [-0.05, 0) is 56.7 Å². The van der Waals surface area contributed by atoms with Crippen LogP contribution in [0.25, 0.3) is 11.3 Å². The van der Waals surface area contributed by atoms with Crippen LogP contribution >= 0.6 is 0 Å². The van der Waals surface area contributed by atoms with E-state index in [1.807, 2.05) is 12.1 Å². The van der Waals surface area contributed by atoms with Gasteiger partial charge >= 0.3 is 5.97 Å². The lowest BCUT2D eigenvalue weighted by atomic mass is 9.69. The number of anilines is 1. The maximum absolute atomic E-state index is 12.7. The Morgan fingerprint density at radius 3 is 2.61 bits per heavy atom. The molecule has 5 rings (SSSR count). The molecule has 6 heteroatoms. The number of hydrogen-bond acceptors (Lipinski definition) is 5. The minimum absolute atomic E-state index is 0.0991. The highest BCUT2D eigenvalue weighted by molar-refractivity contribution is 5.89. The van der Waals surface area contributed by atoms with Gasteiger partial charge in [-0.15, -0.1) is 0 Å². The van der Waals surface area contributed by atoms with Gasteiger partial charge in [-0.25, -0.2) is 4.79 Å². The predicted molar refractivity (Wildman–Crippen MR) is 106 cm³/mol. The number of esters is 1. The van der Waals surface area contributed by atoms with Crippen molar-refractivity contribution in [3.05, 3.63) is 45.7 Å². The normalized spacial score (nSPS) is 18.7. The summed E-state index contributed by atoms with van der Waals surface area (Å²) in [4.78, 5) is 27.1. The minimum atomic E-state index is -0.560. The van der Waals surface area contributed by atoms with Crippen molar-refractivity contribution < 1.29 is 14.6 Å². The Kier molecular flexibility index (Phi) is 3.79. The molecule has 2 aliphatic heterocycles.